The Morgan fingerprint density at radius 3 is 2.40 bits per heavy atom. The summed E-state index contributed by atoms with van der Waals surface area (Å²) in [6.07, 6.45) is -1.47. The van der Waals surface area contributed by atoms with Crippen molar-refractivity contribution in [1.29, 1.82) is 5.26 Å². The molecule has 0 fully saturated rings. The topological polar surface area (TPSA) is 44.0 Å². The van der Waals surface area contributed by atoms with Gasteiger partial charge < -0.3 is 5.11 Å². The molecule has 1 aromatic rings. The van der Waals surface area contributed by atoms with Crippen LogP contribution < -0.4 is 0 Å². The van der Waals surface area contributed by atoms with E-state index in [1.165, 1.54) is 0 Å². The molecule has 0 radical (unpaired) electrons. The summed E-state index contributed by atoms with van der Waals surface area (Å²) in [6.45, 7) is 0. The van der Waals surface area contributed by atoms with Gasteiger partial charge in [-0.1, -0.05) is 0 Å². The summed E-state index contributed by atoms with van der Waals surface area (Å²) in [4.78, 5) is 0. The zero-order chi connectivity index (χ0) is 11.4. The van der Waals surface area contributed by atoms with Gasteiger partial charge in [0.25, 0.3) is 0 Å². The van der Waals surface area contributed by atoms with E-state index < -0.39 is 23.6 Å². The van der Waals surface area contributed by atoms with E-state index in [0.717, 1.165) is 0 Å². The molecule has 0 aliphatic heterocycles. The van der Waals surface area contributed by atoms with E-state index in [-0.39, 0.29) is 18.4 Å². The molecule has 0 aliphatic rings. The lowest BCUT2D eigenvalue weighted by Crippen LogP contribution is -2.11. The van der Waals surface area contributed by atoms with E-state index >= 15 is 0 Å². The average Bonchev–Trinajstić information content (AvgIpc) is 2.14. The number of aliphatic hydroxyl groups is 1. The van der Waals surface area contributed by atoms with Crippen LogP contribution >= 0.6 is 0 Å². The van der Waals surface area contributed by atoms with Gasteiger partial charge in [0.05, 0.1) is 18.6 Å². The molecule has 0 amide bonds. The molecule has 0 spiro atoms. The zero-order valence-electron chi connectivity index (χ0n) is 7.67. The van der Waals surface area contributed by atoms with E-state index in [0.29, 0.717) is 12.1 Å². The third-order valence-corrected chi connectivity index (χ3v) is 1.87. The first-order valence-corrected chi connectivity index (χ1v) is 4.23. The van der Waals surface area contributed by atoms with Gasteiger partial charge in [-0.05, 0) is 11.6 Å². The average molecular weight is 215 g/mol. The fraction of sp³-hybridized carbons (Fsp3) is 0.300. The summed E-state index contributed by atoms with van der Waals surface area (Å²) < 4.78 is 38.3. The van der Waals surface area contributed by atoms with Gasteiger partial charge in [0.1, 0.15) is 5.82 Å². The normalized spacial score (nSPS) is 12.2. The summed E-state index contributed by atoms with van der Waals surface area (Å²) >= 11 is 0. The highest BCUT2D eigenvalue weighted by molar-refractivity contribution is 5.20. The van der Waals surface area contributed by atoms with E-state index in [4.69, 9.17) is 5.26 Å². The van der Waals surface area contributed by atoms with Crippen molar-refractivity contribution in [3.8, 4) is 6.07 Å². The van der Waals surface area contributed by atoms with Gasteiger partial charge in [-0.15, -0.1) is 0 Å². The Kier molecular flexibility index (Phi) is 3.69. The van der Waals surface area contributed by atoms with Crippen LogP contribution in [0.25, 0.3) is 0 Å². The molecular weight excluding hydrogens is 207 g/mol. The van der Waals surface area contributed by atoms with Gasteiger partial charge in [-0.25, -0.2) is 13.2 Å². The molecule has 0 bridgehead atoms. The maximum Gasteiger partial charge on any atom is 0.161 e. The van der Waals surface area contributed by atoms with Crippen molar-refractivity contribution >= 4 is 0 Å². The lowest BCUT2D eigenvalue weighted by Gasteiger charge is -2.07. The molecule has 1 aromatic carbocycles. The molecular formula is C10H8F3NO. The van der Waals surface area contributed by atoms with Crippen LogP contribution in [-0.4, -0.2) is 11.2 Å². The highest BCUT2D eigenvalue weighted by atomic mass is 19.2. The lowest BCUT2D eigenvalue weighted by molar-refractivity contribution is 0.178. The molecule has 5 heteroatoms. The van der Waals surface area contributed by atoms with Crippen molar-refractivity contribution in [3.63, 3.8) is 0 Å². The van der Waals surface area contributed by atoms with Crippen LogP contribution in [0.5, 0.6) is 0 Å². The van der Waals surface area contributed by atoms with Crippen LogP contribution in [0.3, 0.4) is 0 Å². The van der Waals surface area contributed by atoms with Crippen LogP contribution in [0.1, 0.15) is 12.0 Å². The van der Waals surface area contributed by atoms with Crippen LogP contribution in [-0.2, 0) is 6.42 Å². The maximum atomic E-state index is 13.0. The predicted molar refractivity (Wildman–Crippen MR) is 46.3 cm³/mol. The van der Waals surface area contributed by atoms with E-state index in [1.54, 1.807) is 6.07 Å². The Morgan fingerprint density at radius 2 is 1.80 bits per heavy atom. The van der Waals surface area contributed by atoms with Crippen LogP contribution in [0.4, 0.5) is 13.2 Å². The van der Waals surface area contributed by atoms with E-state index in [9.17, 15) is 18.3 Å². The molecule has 1 N–H and O–H groups in total. The lowest BCUT2D eigenvalue weighted by atomic mass is 10.1. The number of nitriles is 1. The van der Waals surface area contributed by atoms with E-state index in [1.807, 2.05) is 0 Å². The summed E-state index contributed by atoms with van der Waals surface area (Å²) in [5.74, 6) is -3.37. The monoisotopic (exact) mass is 215 g/mol. The van der Waals surface area contributed by atoms with Gasteiger partial charge in [0, 0.05) is 12.5 Å². The van der Waals surface area contributed by atoms with Crippen molar-refractivity contribution in [2.45, 2.75) is 18.9 Å². The first kappa shape index (κ1) is 11.5. The number of rotatable bonds is 3. The molecule has 1 atom stereocenters. The molecule has 0 heterocycles. The SMILES string of the molecule is N#CC[C@H](O)Cc1cc(F)c(F)cc1F. The third-order valence-electron chi connectivity index (χ3n) is 1.87. The quantitative estimate of drug-likeness (QED) is 0.783. The molecule has 0 saturated carbocycles. The standard InChI is InChI=1S/C10H8F3NO/c11-8-5-10(13)9(12)4-6(8)3-7(15)1-2-14/h4-5,7,15H,1,3H2/t7-/m0/s1. The number of hydrogen-bond donors (Lipinski definition) is 1. The molecule has 1 rings (SSSR count). The molecule has 15 heavy (non-hydrogen) atoms. The van der Waals surface area contributed by atoms with Crippen molar-refractivity contribution in [2.75, 3.05) is 0 Å². The van der Waals surface area contributed by atoms with Gasteiger partial charge in [0.2, 0.25) is 0 Å². The number of nitrogens with zero attached hydrogens (tertiary/aromatic N) is 1. The van der Waals surface area contributed by atoms with E-state index in [2.05, 4.69) is 0 Å². The van der Waals surface area contributed by atoms with Gasteiger partial charge in [-0.3, -0.25) is 0 Å². The minimum Gasteiger partial charge on any atom is -0.392 e. The Morgan fingerprint density at radius 1 is 1.20 bits per heavy atom. The third kappa shape index (κ3) is 2.96. The number of hydrogen-bond acceptors (Lipinski definition) is 2. The Bertz CT molecular complexity index is 400. The second kappa shape index (κ2) is 4.80. The highest BCUT2D eigenvalue weighted by Crippen LogP contribution is 2.15. The zero-order valence-corrected chi connectivity index (χ0v) is 7.67. The minimum absolute atomic E-state index is 0.142. The van der Waals surface area contributed by atoms with Crippen molar-refractivity contribution < 1.29 is 18.3 Å². The van der Waals surface area contributed by atoms with Crippen molar-refractivity contribution in [3.05, 3.63) is 35.1 Å². The Labute approximate surface area is 84.6 Å². The maximum absolute atomic E-state index is 13.0. The largest absolute Gasteiger partial charge is 0.392 e. The number of halogens is 3. The minimum atomic E-state index is -1.27. The number of benzene rings is 1. The molecule has 80 valence electrons. The smallest absolute Gasteiger partial charge is 0.161 e. The first-order valence-electron chi connectivity index (χ1n) is 4.23. The van der Waals surface area contributed by atoms with Gasteiger partial charge in [-0.2, -0.15) is 5.26 Å². The Balaban J connectivity index is 2.87. The Hall–Kier alpha value is -1.54. The number of aliphatic hydroxyl groups excluding tert-OH is 1. The second-order valence-corrected chi connectivity index (χ2v) is 3.08. The summed E-state index contributed by atoms with van der Waals surface area (Å²) in [5, 5.41) is 17.4. The predicted octanol–water partition coefficient (Wildman–Crippen LogP) is 1.92. The van der Waals surface area contributed by atoms with Crippen LogP contribution in [0.15, 0.2) is 12.1 Å². The van der Waals surface area contributed by atoms with Crippen LogP contribution in [0.2, 0.25) is 0 Å². The highest BCUT2D eigenvalue weighted by Gasteiger charge is 2.13. The van der Waals surface area contributed by atoms with Crippen molar-refractivity contribution in [1.82, 2.24) is 0 Å². The molecule has 0 saturated heterocycles. The second-order valence-electron chi connectivity index (χ2n) is 3.08. The fourth-order valence-electron chi connectivity index (χ4n) is 1.15. The summed E-state index contributed by atoms with van der Waals surface area (Å²) in [6, 6.07) is 2.80. The summed E-state index contributed by atoms with van der Waals surface area (Å²) in [5.41, 5.74) is -0.142. The summed E-state index contributed by atoms with van der Waals surface area (Å²) in [7, 11) is 0. The van der Waals surface area contributed by atoms with Crippen LogP contribution in [0, 0.1) is 28.8 Å². The fourth-order valence-corrected chi connectivity index (χ4v) is 1.15. The van der Waals surface area contributed by atoms with Gasteiger partial charge >= 0.3 is 0 Å². The molecule has 0 aliphatic carbocycles. The molecule has 2 nitrogen and oxygen atoms in total. The molecule has 0 unspecified atom stereocenters. The molecule has 0 aromatic heterocycles. The van der Waals surface area contributed by atoms with Gasteiger partial charge in [0.15, 0.2) is 11.6 Å². The van der Waals surface area contributed by atoms with Crippen molar-refractivity contribution in [2.24, 2.45) is 0 Å². The first-order chi connectivity index (χ1) is 7.04.